The molecule has 0 saturated heterocycles. The Kier molecular flexibility index (Phi) is 12.0. The molecule has 0 fully saturated rings. The van der Waals surface area contributed by atoms with Crippen molar-refractivity contribution in [2.24, 2.45) is 0 Å². The zero-order chi connectivity index (χ0) is 31.9. The summed E-state index contributed by atoms with van der Waals surface area (Å²) in [4.78, 5) is 29.7. The number of amides is 2. The summed E-state index contributed by atoms with van der Waals surface area (Å²) >= 11 is 13.1. The van der Waals surface area contributed by atoms with Crippen molar-refractivity contribution in [2.75, 3.05) is 24.9 Å². The van der Waals surface area contributed by atoms with Gasteiger partial charge in [-0.1, -0.05) is 78.7 Å². The molecule has 232 valence electrons. The van der Waals surface area contributed by atoms with Crippen LogP contribution < -0.4 is 9.62 Å². The van der Waals surface area contributed by atoms with Crippen LogP contribution in [0.1, 0.15) is 42.5 Å². The lowest BCUT2D eigenvalue weighted by Gasteiger charge is -2.35. The summed E-state index contributed by atoms with van der Waals surface area (Å²) in [6.45, 7) is 6.83. The number of halogens is 2. The zero-order valence-corrected chi connectivity index (χ0v) is 27.8. The summed E-state index contributed by atoms with van der Waals surface area (Å²) in [5, 5.41) is 3.68. The van der Waals surface area contributed by atoms with Crippen molar-refractivity contribution < 1.29 is 18.0 Å². The van der Waals surface area contributed by atoms with Gasteiger partial charge in [0.05, 0.1) is 5.69 Å². The van der Waals surface area contributed by atoms with Crippen LogP contribution in [0.3, 0.4) is 0 Å². The van der Waals surface area contributed by atoms with Crippen LogP contribution in [0.5, 0.6) is 0 Å². The number of nitrogens with zero attached hydrogens (tertiary/aromatic N) is 3. The maximum atomic E-state index is 14.4. The molecule has 0 heterocycles. The van der Waals surface area contributed by atoms with Crippen LogP contribution in [0.4, 0.5) is 5.69 Å². The first-order valence-electron chi connectivity index (χ1n) is 14.1. The topological polar surface area (TPSA) is 90.0 Å². The second-order valence-corrected chi connectivity index (χ2v) is 13.7. The molecule has 2 amide bonds. The highest BCUT2D eigenvalue weighted by Crippen LogP contribution is 2.29. The summed E-state index contributed by atoms with van der Waals surface area (Å²) in [5.74, 6) is -0.939. The highest BCUT2D eigenvalue weighted by atomic mass is 35.5. The van der Waals surface area contributed by atoms with Gasteiger partial charge in [-0.3, -0.25) is 9.59 Å². The van der Waals surface area contributed by atoms with Gasteiger partial charge in [-0.25, -0.2) is 4.31 Å². The highest BCUT2D eigenvalue weighted by Gasteiger charge is 2.36. The van der Waals surface area contributed by atoms with E-state index < -0.39 is 28.7 Å². The number of aryl methyl sites for hydroxylation is 2. The van der Waals surface area contributed by atoms with Gasteiger partial charge >= 0.3 is 10.2 Å². The maximum absolute atomic E-state index is 14.4. The molecule has 0 aliphatic heterocycles. The number of carbonyl (C=O) groups excluding carboxylic acids is 2. The van der Waals surface area contributed by atoms with Gasteiger partial charge in [0.1, 0.15) is 12.6 Å². The molecule has 0 saturated carbocycles. The van der Waals surface area contributed by atoms with Gasteiger partial charge in [0, 0.05) is 48.7 Å². The molecule has 0 aliphatic carbocycles. The molecular formula is C32H40Cl2N4O4S. The van der Waals surface area contributed by atoms with Crippen LogP contribution in [-0.4, -0.2) is 62.2 Å². The number of nitrogens with one attached hydrogen (secondary N) is 1. The third-order valence-electron chi connectivity index (χ3n) is 7.31. The van der Waals surface area contributed by atoms with E-state index in [2.05, 4.69) is 5.32 Å². The fraction of sp³-hybridized carbons (Fsp3) is 0.375. The van der Waals surface area contributed by atoms with Gasteiger partial charge in [-0.2, -0.15) is 12.7 Å². The molecule has 0 spiro atoms. The van der Waals surface area contributed by atoms with E-state index in [4.69, 9.17) is 23.2 Å². The Morgan fingerprint density at radius 2 is 1.56 bits per heavy atom. The molecule has 2 atom stereocenters. The van der Waals surface area contributed by atoms with Crippen LogP contribution >= 0.6 is 23.2 Å². The van der Waals surface area contributed by atoms with E-state index in [9.17, 15) is 18.0 Å². The van der Waals surface area contributed by atoms with Crippen molar-refractivity contribution in [3.05, 3.63) is 99.0 Å². The molecule has 3 aromatic carbocycles. The lowest BCUT2D eigenvalue weighted by Crippen LogP contribution is -2.55. The van der Waals surface area contributed by atoms with Gasteiger partial charge in [0.25, 0.3) is 0 Å². The van der Waals surface area contributed by atoms with E-state index in [1.165, 1.54) is 19.0 Å². The fourth-order valence-corrected chi connectivity index (χ4v) is 6.17. The predicted molar refractivity (Wildman–Crippen MR) is 175 cm³/mol. The minimum Gasteiger partial charge on any atom is -0.352 e. The average Bonchev–Trinajstić information content (AvgIpc) is 2.96. The van der Waals surface area contributed by atoms with Crippen LogP contribution in [0.2, 0.25) is 10.0 Å². The van der Waals surface area contributed by atoms with E-state index in [-0.39, 0.29) is 24.9 Å². The first-order chi connectivity index (χ1) is 20.3. The van der Waals surface area contributed by atoms with Gasteiger partial charge in [0.2, 0.25) is 11.8 Å². The molecule has 0 aliphatic rings. The number of hydrogen-bond donors (Lipinski definition) is 1. The molecule has 8 nitrogen and oxygen atoms in total. The van der Waals surface area contributed by atoms with Crippen molar-refractivity contribution in [1.29, 1.82) is 0 Å². The molecule has 3 aromatic rings. The summed E-state index contributed by atoms with van der Waals surface area (Å²) in [6, 6.07) is 18.7. The molecular weight excluding hydrogens is 607 g/mol. The highest BCUT2D eigenvalue weighted by molar-refractivity contribution is 7.90. The Labute approximate surface area is 265 Å². The molecule has 1 N–H and O–H groups in total. The Balaban J connectivity index is 2.18. The molecule has 0 radical (unpaired) electrons. The van der Waals surface area contributed by atoms with Gasteiger partial charge in [-0.05, 0) is 62.1 Å². The van der Waals surface area contributed by atoms with Crippen LogP contribution in [0, 0.1) is 13.8 Å². The lowest BCUT2D eigenvalue weighted by atomic mass is 10.0. The van der Waals surface area contributed by atoms with E-state index in [0.29, 0.717) is 33.3 Å². The van der Waals surface area contributed by atoms with Crippen LogP contribution in [0.15, 0.2) is 66.7 Å². The zero-order valence-electron chi connectivity index (χ0n) is 25.5. The maximum Gasteiger partial charge on any atom is 0.304 e. The van der Waals surface area contributed by atoms with E-state index in [1.54, 1.807) is 31.2 Å². The minimum absolute atomic E-state index is 0.106. The summed E-state index contributed by atoms with van der Waals surface area (Å²) in [7, 11) is -1.28. The largest absolute Gasteiger partial charge is 0.352 e. The third-order valence-corrected chi connectivity index (χ3v) is 9.83. The summed E-state index contributed by atoms with van der Waals surface area (Å²) < 4.78 is 29.5. The monoisotopic (exact) mass is 646 g/mol. The van der Waals surface area contributed by atoms with Gasteiger partial charge in [0.15, 0.2) is 0 Å². The fourth-order valence-electron chi connectivity index (χ4n) is 4.54. The quantitative estimate of drug-likeness (QED) is 0.255. The van der Waals surface area contributed by atoms with Gasteiger partial charge in [-0.15, -0.1) is 0 Å². The van der Waals surface area contributed by atoms with Crippen molar-refractivity contribution in [2.45, 2.75) is 59.2 Å². The normalized spacial score (nSPS) is 13.0. The standard InChI is InChI=1S/C32H40Cl2N4O4S/c1-7-24(4)35-32(40)30(19-25-12-9-8-10-13-25)37(20-26-27(33)14-11-15-28(26)34)31(39)21-38(43(41,42)36(5)6)29-18-22(2)16-17-23(29)3/h8-18,24,30H,7,19-21H2,1-6H3,(H,35,40)/t24-,30+/m0/s1. The van der Waals surface area contributed by atoms with E-state index >= 15 is 0 Å². The molecule has 0 unspecified atom stereocenters. The number of rotatable bonds is 13. The SMILES string of the molecule is CC[C@H](C)NC(=O)[C@@H](Cc1ccccc1)N(Cc1c(Cl)cccc1Cl)C(=O)CN(c1cc(C)ccc1C)S(=O)(=O)N(C)C. The first-order valence-corrected chi connectivity index (χ1v) is 16.3. The van der Waals surface area contributed by atoms with Crippen molar-refractivity contribution in [3.8, 4) is 0 Å². The molecule has 11 heteroatoms. The minimum atomic E-state index is -4.11. The lowest BCUT2D eigenvalue weighted by molar-refractivity contribution is -0.140. The van der Waals surface area contributed by atoms with Crippen molar-refractivity contribution >= 4 is 50.9 Å². The Bertz CT molecular complexity index is 1510. The summed E-state index contributed by atoms with van der Waals surface area (Å²) in [6.07, 6.45) is 0.885. The number of carbonyl (C=O) groups is 2. The number of anilines is 1. The Morgan fingerprint density at radius 3 is 2.14 bits per heavy atom. The van der Waals surface area contributed by atoms with Crippen molar-refractivity contribution in [3.63, 3.8) is 0 Å². The number of benzene rings is 3. The predicted octanol–water partition coefficient (Wildman–Crippen LogP) is 5.78. The number of hydrogen-bond acceptors (Lipinski definition) is 4. The van der Waals surface area contributed by atoms with Crippen LogP contribution in [-0.2, 0) is 32.8 Å². The Morgan fingerprint density at radius 1 is 0.930 bits per heavy atom. The third kappa shape index (κ3) is 8.72. The van der Waals surface area contributed by atoms with E-state index in [0.717, 1.165) is 19.7 Å². The smallest absolute Gasteiger partial charge is 0.304 e. The summed E-state index contributed by atoms with van der Waals surface area (Å²) in [5.41, 5.74) is 3.19. The Hall–Kier alpha value is -3.11. The molecule has 3 rings (SSSR count). The van der Waals surface area contributed by atoms with Gasteiger partial charge < -0.3 is 10.2 Å². The first kappa shape index (κ1) is 34.4. The average molecular weight is 648 g/mol. The second kappa shape index (κ2) is 15.1. The molecule has 0 aromatic heterocycles. The molecule has 0 bridgehead atoms. The van der Waals surface area contributed by atoms with Crippen molar-refractivity contribution in [1.82, 2.24) is 14.5 Å². The molecule has 43 heavy (non-hydrogen) atoms. The van der Waals surface area contributed by atoms with E-state index in [1.807, 2.05) is 63.2 Å². The van der Waals surface area contributed by atoms with Crippen LogP contribution in [0.25, 0.3) is 0 Å². The second-order valence-electron chi connectivity index (χ2n) is 10.8.